The van der Waals surface area contributed by atoms with Crippen LogP contribution in [-0.2, 0) is 11.2 Å². The third-order valence-corrected chi connectivity index (χ3v) is 1.65. The molecular weight excluding hydrogens is 257 g/mol. The van der Waals surface area contributed by atoms with E-state index < -0.39 is 47.0 Å². The molecule has 16 heavy (non-hydrogen) atoms. The summed E-state index contributed by atoms with van der Waals surface area (Å²) in [4.78, 5) is 10.3. The highest BCUT2D eigenvalue weighted by Crippen LogP contribution is 2.23. The van der Waals surface area contributed by atoms with E-state index in [1.807, 2.05) is 0 Å². The summed E-state index contributed by atoms with van der Waals surface area (Å²) in [5, 5.41) is 0. The van der Waals surface area contributed by atoms with E-state index in [9.17, 15) is 26.7 Å². The summed E-state index contributed by atoms with van der Waals surface area (Å²) in [6.07, 6.45) is -1.05. The van der Waals surface area contributed by atoms with Gasteiger partial charge in [-0.25, -0.2) is 22.0 Å². The molecule has 0 atom stereocenters. The fraction of sp³-hybridized carbons (Fsp3) is 0.125. The Balaban J connectivity index is 0.00000225. The zero-order valence-corrected chi connectivity index (χ0v) is 8.31. The first-order valence-corrected chi connectivity index (χ1v) is 3.64. The van der Waals surface area contributed by atoms with Gasteiger partial charge in [-0.2, -0.15) is 0 Å². The maximum atomic E-state index is 12.8. The third-order valence-electron chi connectivity index (χ3n) is 1.65. The predicted octanol–water partition coefficient (Wildman–Crippen LogP) is 1.83. The minimum atomic E-state index is -2.27. The summed E-state index contributed by atoms with van der Waals surface area (Å²) in [6.45, 7) is 0. The Morgan fingerprint density at radius 3 is 1.50 bits per heavy atom. The maximum Gasteiger partial charge on any atom is 0.222 e. The minimum absolute atomic E-state index is 0. The van der Waals surface area contributed by atoms with Crippen LogP contribution >= 0.6 is 12.4 Å². The number of benzene rings is 1. The van der Waals surface area contributed by atoms with Crippen LogP contribution in [0.25, 0.3) is 0 Å². The van der Waals surface area contributed by atoms with Crippen molar-refractivity contribution in [2.45, 2.75) is 6.42 Å². The zero-order chi connectivity index (χ0) is 11.7. The molecule has 0 radical (unpaired) electrons. The Bertz CT molecular complexity index is 408. The third kappa shape index (κ3) is 2.41. The molecule has 0 aromatic heterocycles. The predicted molar refractivity (Wildman–Crippen MR) is 46.4 cm³/mol. The lowest BCUT2D eigenvalue weighted by atomic mass is 10.1. The van der Waals surface area contributed by atoms with E-state index in [-0.39, 0.29) is 12.4 Å². The second-order valence-electron chi connectivity index (χ2n) is 2.69. The fourth-order valence-electron chi connectivity index (χ4n) is 0.980. The Morgan fingerprint density at radius 2 is 1.19 bits per heavy atom. The van der Waals surface area contributed by atoms with Crippen molar-refractivity contribution in [2.75, 3.05) is 0 Å². The fourth-order valence-corrected chi connectivity index (χ4v) is 0.980. The van der Waals surface area contributed by atoms with E-state index in [0.29, 0.717) is 0 Å². The summed E-state index contributed by atoms with van der Waals surface area (Å²) in [6, 6.07) is 0. The summed E-state index contributed by atoms with van der Waals surface area (Å²) in [5.41, 5.74) is 3.37. The van der Waals surface area contributed by atoms with Crippen LogP contribution in [0.5, 0.6) is 0 Å². The van der Waals surface area contributed by atoms with E-state index in [0.717, 1.165) is 0 Å². The molecule has 8 heteroatoms. The Labute approximate surface area is 92.6 Å². The van der Waals surface area contributed by atoms with Crippen molar-refractivity contribution in [3.05, 3.63) is 34.6 Å². The van der Waals surface area contributed by atoms with Gasteiger partial charge in [0.15, 0.2) is 23.3 Å². The SMILES string of the molecule is Cl.NC(=O)Cc1c(F)c(F)c(F)c(F)c1F. The molecular formula is C8H5ClF5NO. The van der Waals surface area contributed by atoms with Gasteiger partial charge in [0, 0.05) is 5.56 Å². The lowest BCUT2D eigenvalue weighted by Crippen LogP contribution is -2.18. The molecule has 0 aliphatic rings. The van der Waals surface area contributed by atoms with Crippen LogP contribution < -0.4 is 5.73 Å². The molecule has 0 spiro atoms. The first-order chi connectivity index (χ1) is 6.86. The number of carbonyl (C=O) groups excluding carboxylic acids is 1. The zero-order valence-electron chi connectivity index (χ0n) is 7.49. The Hall–Kier alpha value is -1.37. The largest absolute Gasteiger partial charge is 0.369 e. The average Bonchev–Trinajstić information content (AvgIpc) is 2.18. The second kappa shape index (κ2) is 5.11. The highest BCUT2D eigenvalue weighted by molar-refractivity contribution is 5.85. The molecule has 1 amide bonds. The Kier molecular flexibility index (Phi) is 4.67. The first kappa shape index (κ1) is 14.6. The highest BCUT2D eigenvalue weighted by Gasteiger charge is 2.26. The molecule has 0 aliphatic carbocycles. The van der Waals surface area contributed by atoms with Gasteiger partial charge in [-0.3, -0.25) is 4.79 Å². The lowest BCUT2D eigenvalue weighted by molar-refractivity contribution is -0.117. The standard InChI is InChI=1S/C8H4F5NO.ClH/c9-4-2(1-3(14)15)5(10)7(12)8(13)6(4)11;/h1H2,(H2,14,15);1H. The molecule has 0 heterocycles. The smallest absolute Gasteiger partial charge is 0.222 e. The van der Waals surface area contributed by atoms with Crippen molar-refractivity contribution >= 4 is 18.3 Å². The van der Waals surface area contributed by atoms with Crippen molar-refractivity contribution in [1.82, 2.24) is 0 Å². The molecule has 2 N–H and O–H groups in total. The number of hydrogen-bond donors (Lipinski definition) is 1. The van der Waals surface area contributed by atoms with Gasteiger partial charge >= 0.3 is 0 Å². The van der Waals surface area contributed by atoms with Gasteiger partial charge in [0.05, 0.1) is 6.42 Å². The van der Waals surface area contributed by atoms with Gasteiger partial charge in [0.2, 0.25) is 11.7 Å². The van der Waals surface area contributed by atoms with Crippen molar-refractivity contribution < 1.29 is 26.7 Å². The summed E-state index contributed by atoms with van der Waals surface area (Å²) in [5.74, 6) is -11.7. The number of primary amides is 1. The lowest BCUT2D eigenvalue weighted by Gasteiger charge is -2.05. The van der Waals surface area contributed by atoms with Crippen molar-refractivity contribution in [2.24, 2.45) is 5.73 Å². The molecule has 0 saturated heterocycles. The quantitative estimate of drug-likeness (QED) is 0.493. The van der Waals surface area contributed by atoms with E-state index in [4.69, 9.17) is 0 Å². The van der Waals surface area contributed by atoms with Gasteiger partial charge in [-0.1, -0.05) is 0 Å². The van der Waals surface area contributed by atoms with Gasteiger partial charge < -0.3 is 5.73 Å². The van der Waals surface area contributed by atoms with Gasteiger partial charge in [0.1, 0.15) is 0 Å². The highest BCUT2D eigenvalue weighted by atomic mass is 35.5. The number of halogens is 6. The summed E-state index contributed by atoms with van der Waals surface area (Å²) >= 11 is 0. The topological polar surface area (TPSA) is 43.1 Å². The first-order valence-electron chi connectivity index (χ1n) is 3.64. The molecule has 0 saturated carbocycles. The van der Waals surface area contributed by atoms with Gasteiger partial charge in [0.25, 0.3) is 0 Å². The minimum Gasteiger partial charge on any atom is -0.369 e. The van der Waals surface area contributed by atoms with Crippen LogP contribution in [0.3, 0.4) is 0 Å². The van der Waals surface area contributed by atoms with E-state index in [1.165, 1.54) is 0 Å². The monoisotopic (exact) mass is 261 g/mol. The average molecular weight is 262 g/mol. The van der Waals surface area contributed by atoms with Crippen LogP contribution in [0.1, 0.15) is 5.56 Å². The van der Waals surface area contributed by atoms with Crippen molar-refractivity contribution in [1.29, 1.82) is 0 Å². The molecule has 0 fully saturated rings. The van der Waals surface area contributed by atoms with Crippen LogP contribution in [0.4, 0.5) is 22.0 Å². The van der Waals surface area contributed by atoms with Crippen molar-refractivity contribution in [3.63, 3.8) is 0 Å². The molecule has 1 aromatic carbocycles. The molecule has 1 rings (SSSR count). The molecule has 0 unspecified atom stereocenters. The second-order valence-corrected chi connectivity index (χ2v) is 2.69. The molecule has 1 aromatic rings. The number of amides is 1. The van der Waals surface area contributed by atoms with Crippen LogP contribution in [0.2, 0.25) is 0 Å². The Morgan fingerprint density at radius 1 is 0.875 bits per heavy atom. The molecule has 90 valence electrons. The molecule has 2 nitrogen and oxygen atoms in total. The van der Waals surface area contributed by atoms with Crippen LogP contribution in [-0.4, -0.2) is 5.91 Å². The van der Waals surface area contributed by atoms with Crippen LogP contribution in [0, 0.1) is 29.1 Å². The molecule has 0 aliphatic heterocycles. The number of rotatable bonds is 2. The van der Waals surface area contributed by atoms with E-state index in [2.05, 4.69) is 5.73 Å². The van der Waals surface area contributed by atoms with Gasteiger partial charge in [-0.15, -0.1) is 12.4 Å². The number of carbonyl (C=O) groups is 1. The van der Waals surface area contributed by atoms with E-state index in [1.54, 1.807) is 0 Å². The molecule has 0 bridgehead atoms. The van der Waals surface area contributed by atoms with Crippen molar-refractivity contribution in [3.8, 4) is 0 Å². The normalized spacial score (nSPS) is 9.81. The summed E-state index contributed by atoms with van der Waals surface area (Å²) < 4.78 is 63.2. The maximum absolute atomic E-state index is 12.8. The van der Waals surface area contributed by atoms with Gasteiger partial charge in [-0.05, 0) is 0 Å². The number of nitrogens with two attached hydrogens (primary N) is 1. The van der Waals surface area contributed by atoms with E-state index >= 15 is 0 Å². The van der Waals surface area contributed by atoms with Crippen LogP contribution in [0.15, 0.2) is 0 Å². The number of hydrogen-bond acceptors (Lipinski definition) is 1. The summed E-state index contributed by atoms with van der Waals surface area (Å²) in [7, 11) is 0.